The van der Waals surface area contributed by atoms with Crippen LogP contribution in [0, 0.1) is 0 Å². The topological polar surface area (TPSA) is 28.2 Å². The number of anilines is 1. The van der Waals surface area contributed by atoms with Crippen LogP contribution in [0.25, 0.3) is 0 Å². The van der Waals surface area contributed by atoms with Crippen LogP contribution in [0.1, 0.15) is 24.5 Å². The second kappa shape index (κ2) is 7.65. The molecule has 1 aromatic heterocycles. The zero-order valence-corrected chi connectivity index (χ0v) is 12.3. The summed E-state index contributed by atoms with van der Waals surface area (Å²) in [6.45, 7) is 5.08. The number of pyridine rings is 1. The van der Waals surface area contributed by atoms with E-state index in [-0.39, 0.29) is 0 Å². The van der Waals surface area contributed by atoms with Crippen LogP contribution in [0.15, 0.2) is 48.8 Å². The molecule has 1 heterocycles. The summed E-state index contributed by atoms with van der Waals surface area (Å²) in [4.78, 5) is 6.39. The van der Waals surface area contributed by atoms with Crippen LogP contribution in [0.5, 0.6) is 0 Å². The summed E-state index contributed by atoms with van der Waals surface area (Å²) in [7, 11) is 2.11. The zero-order chi connectivity index (χ0) is 14.2. The van der Waals surface area contributed by atoms with Crippen molar-refractivity contribution in [2.45, 2.75) is 26.4 Å². The van der Waals surface area contributed by atoms with Crippen molar-refractivity contribution in [3.63, 3.8) is 0 Å². The monoisotopic (exact) mass is 269 g/mol. The van der Waals surface area contributed by atoms with E-state index >= 15 is 0 Å². The molecule has 0 amide bonds. The summed E-state index contributed by atoms with van der Waals surface area (Å²) in [5.41, 5.74) is 3.79. The minimum Gasteiger partial charge on any atom is -0.370 e. The number of rotatable bonds is 7. The summed E-state index contributed by atoms with van der Waals surface area (Å²) in [5.74, 6) is 0. The Hall–Kier alpha value is -1.87. The molecule has 0 aliphatic carbocycles. The fraction of sp³-hybridized carbons (Fsp3) is 0.353. The first-order valence-corrected chi connectivity index (χ1v) is 7.19. The van der Waals surface area contributed by atoms with Gasteiger partial charge in [-0.15, -0.1) is 0 Å². The van der Waals surface area contributed by atoms with Crippen LogP contribution in [0.2, 0.25) is 0 Å². The highest BCUT2D eigenvalue weighted by molar-refractivity contribution is 5.47. The molecule has 2 aromatic rings. The Morgan fingerprint density at radius 3 is 2.55 bits per heavy atom. The van der Waals surface area contributed by atoms with Gasteiger partial charge in [0.1, 0.15) is 0 Å². The van der Waals surface area contributed by atoms with Crippen molar-refractivity contribution in [3.05, 3.63) is 59.9 Å². The lowest BCUT2D eigenvalue weighted by molar-refractivity contribution is 0.675. The van der Waals surface area contributed by atoms with Crippen LogP contribution in [-0.4, -0.2) is 18.6 Å². The summed E-state index contributed by atoms with van der Waals surface area (Å²) in [6, 6.07) is 12.8. The average Bonchev–Trinajstić information content (AvgIpc) is 2.49. The molecule has 3 nitrogen and oxygen atoms in total. The van der Waals surface area contributed by atoms with Crippen LogP contribution in [-0.2, 0) is 13.1 Å². The van der Waals surface area contributed by atoms with E-state index in [0.717, 1.165) is 19.6 Å². The van der Waals surface area contributed by atoms with E-state index in [9.17, 15) is 0 Å². The van der Waals surface area contributed by atoms with Gasteiger partial charge in [-0.25, -0.2) is 0 Å². The fourth-order valence-electron chi connectivity index (χ4n) is 2.13. The van der Waals surface area contributed by atoms with Gasteiger partial charge in [0.15, 0.2) is 0 Å². The lowest BCUT2D eigenvalue weighted by Gasteiger charge is -2.19. The predicted octanol–water partition coefficient (Wildman–Crippen LogP) is 3.22. The van der Waals surface area contributed by atoms with Gasteiger partial charge in [-0.3, -0.25) is 4.98 Å². The van der Waals surface area contributed by atoms with E-state index in [1.165, 1.54) is 23.2 Å². The van der Waals surface area contributed by atoms with Gasteiger partial charge in [0.25, 0.3) is 0 Å². The van der Waals surface area contributed by atoms with E-state index in [4.69, 9.17) is 0 Å². The molecule has 0 atom stereocenters. The quantitative estimate of drug-likeness (QED) is 0.782. The van der Waals surface area contributed by atoms with E-state index in [1.807, 2.05) is 18.5 Å². The number of nitrogens with zero attached hydrogens (tertiary/aromatic N) is 2. The van der Waals surface area contributed by atoms with Gasteiger partial charge in [0.2, 0.25) is 0 Å². The molecule has 20 heavy (non-hydrogen) atoms. The van der Waals surface area contributed by atoms with Crippen LogP contribution in [0.4, 0.5) is 5.69 Å². The second-order valence-electron chi connectivity index (χ2n) is 5.06. The zero-order valence-electron chi connectivity index (χ0n) is 12.3. The van der Waals surface area contributed by atoms with Crippen molar-refractivity contribution in [1.29, 1.82) is 0 Å². The Morgan fingerprint density at radius 1 is 1.10 bits per heavy atom. The molecule has 0 spiro atoms. The molecule has 2 rings (SSSR count). The molecule has 0 saturated heterocycles. The van der Waals surface area contributed by atoms with E-state index in [2.05, 4.69) is 59.5 Å². The maximum atomic E-state index is 4.15. The van der Waals surface area contributed by atoms with Crippen molar-refractivity contribution < 1.29 is 0 Å². The first-order chi connectivity index (χ1) is 9.79. The van der Waals surface area contributed by atoms with Crippen molar-refractivity contribution in [3.8, 4) is 0 Å². The normalized spacial score (nSPS) is 10.5. The van der Waals surface area contributed by atoms with Gasteiger partial charge in [-0.1, -0.05) is 25.1 Å². The predicted molar refractivity (Wildman–Crippen MR) is 84.8 cm³/mol. The van der Waals surface area contributed by atoms with Crippen molar-refractivity contribution in [2.75, 3.05) is 18.5 Å². The number of benzene rings is 1. The molecule has 0 fully saturated rings. The molecular weight excluding hydrogens is 246 g/mol. The lowest BCUT2D eigenvalue weighted by Crippen LogP contribution is -2.17. The van der Waals surface area contributed by atoms with Gasteiger partial charge in [0.05, 0.1) is 0 Å². The Balaban J connectivity index is 1.92. The van der Waals surface area contributed by atoms with Crippen LogP contribution >= 0.6 is 0 Å². The minimum absolute atomic E-state index is 0.876. The third-order valence-corrected chi connectivity index (χ3v) is 3.28. The highest BCUT2D eigenvalue weighted by Gasteiger charge is 2.02. The highest BCUT2D eigenvalue weighted by atomic mass is 15.1. The third kappa shape index (κ3) is 4.35. The van der Waals surface area contributed by atoms with E-state index < -0.39 is 0 Å². The molecule has 0 saturated carbocycles. The maximum absolute atomic E-state index is 4.15. The number of nitrogens with one attached hydrogen (secondary N) is 1. The molecular formula is C17H23N3. The second-order valence-corrected chi connectivity index (χ2v) is 5.06. The Bertz CT molecular complexity index is 493. The molecule has 0 aliphatic rings. The molecule has 0 unspecified atom stereocenters. The molecule has 106 valence electrons. The van der Waals surface area contributed by atoms with Gasteiger partial charge >= 0.3 is 0 Å². The Labute approximate surface area is 121 Å². The molecule has 1 aromatic carbocycles. The third-order valence-electron chi connectivity index (χ3n) is 3.28. The summed E-state index contributed by atoms with van der Waals surface area (Å²) in [5, 5.41) is 3.42. The molecule has 3 heteroatoms. The van der Waals surface area contributed by atoms with E-state index in [1.54, 1.807) is 0 Å². The Morgan fingerprint density at radius 2 is 1.90 bits per heavy atom. The standard InChI is InChI=1S/C17H23N3/c1-3-10-18-12-15-6-8-17(9-7-15)20(2)14-16-5-4-11-19-13-16/h4-9,11,13,18H,3,10,12,14H2,1-2H3. The summed E-state index contributed by atoms with van der Waals surface area (Å²) < 4.78 is 0. The van der Waals surface area contributed by atoms with Crippen molar-refractivity contribution >= 4 is 5.69 Å². The SMILES string of the molecule is CCCNCc1ccc(N(C)Cc2cccnc2)cc1. The van der Waals surface area contributed by atoms with Crippen molar-refractivity contribution in [1.82, 2.24) is 10.3 Å². The summed E-state index contributed by atoms with van der Waals surface area (Å²) >= 11 is 0. The van der Waals surface area contributed by atoms with Gasteiger partial charge in [-0.05, 0) is 42.3 Å². The average molecular weight is 269 g/mol. The number of hydrogen-bond donors (Lipinski definition) is 1. The number of hydrogen-bond acceptors (Lipinski definition) is 3. The highest BCUT2D eigenvalue weighted by Crippen LogP contribution is 2.16. The molecule has 0 radical (unpaired) electrons. The largest absolute Gasteiger partial charge is 0.370 e. The maximum Gasteiger partial charge on any atom is 0.0441 e. The molecule has 1 N–H and O–H groups in total. The van der Waals surface area contributed by atoms with Gasteiger partial charge in [-0.2, -0.15) is 0 Å². The Kier molecular flexibility index (Phi) is 5.56. The minimum atomic E-state index is 0.876. The van der Waals surface area contributed by atoms with Gasteiger partial charge in [0, 0.05) is 38.2 Å². The van der Waals surface area contributed by atoms with E-state index in [0.29, 0.717) is 0 Å². The van der Waals surface area contributed by atoms with Crippen LogP contribution < -0.4 is 10.2 Å². The fourth-order valence-corrected chi connectivity index (χ4v) is 2.13. The van der Waals surface area contributed by atoms with Crippen molar-refractivity contribution in [2.24, 2.45) is 0 Å². The smallest absolute Gasteiger partial charge is 0.0441 e. The van der Waals surface area contributed by atoms with Crippen LogP contribution in [0.3, 0.4) is 0 Å². The first kappa shape index (κ1) is 14.5. The molecule has 0 aliphatic heterocycles. The first-order valence-electron chi connectivity index (χ1n) is 7.19. The summed E-state index contributed by atoms with van der Waals surface area (Å²) in [6.07, 6.45) is 4.90. The lowest BCUT2D eigenvalue weighted by atomic mass is 10.2. The van der Waals surface area contributed by atoms with Gasteiger partial charge < -0.3 is 10.2 Å². The number of aromatic nitrogens is 1. The molecule has 0 bridgehead atoms.